The van der Waals surface area contributed by atoms with Gasteiger partial charge in [0.05, 0.1) is 0 Å². The van der Waals surface area contributed by atoms with Crippen molar-refractivity contribution in [3.8, 4) is 11.5 Å². The highest BCUT2D eigenvalue weighted by atomic mass is 19.1. The zero-order valence-corrected chi connectivity index (χ0v) is 9.81. The monoisotopic (exact) mass is 245 g/mol. The number of benzene rings is 2. The molecule has 0 aliphatic rings. The van der Waals surface area contributed by atoms with E-state index >= 15 is 0 Å². The van der Waals surface area contributed by atoms with Crippen LogP contribution in [0.25, 0.3) is 0 Å². The van der Waals surface area contributed by atoms with Crippen LogP contribution in [0.2, 0.25) is 0 Å². The summed E-state index contributed by atoms with van der Waals surface area (Å²) in [6.45, 7) is 1.43. The molecule has 0 aromatic heterocycles. The molecule has 0 aliphatic heterocycles. The van der Waals surface area contributed by atoms with Gasteiger partial charge in [0.2, 0.25) is 5.91 Å². The van der Waals surface area contributed by atoms with Gasteiger partial charge in [-0.15, -0.1) is 0 Å². The maximum Gasteiger partial charge on any atom is 0.221 e. The van der Waals surface area contributed by atoms with E-state index in [1.54, 1.807) is 36.4 Å². The fraction of sp³-hybridized carbons (Fsp3) is 0.0714. The van der Waals surface area contributed by atoms with Gasteiger partial charge in [0.25, 0.3) is 0 Å². The zero-order valence-electron chi connectivity index (χ0n) is 9.81. The first-order valence-corrected chi connectivity index (χ1v) is 5.44. The summed E-state index contributed by atoms with van der Waals surface area (Å²) in [5, 5.41) is 2.65. The van der Waals surface area contributed by atoms with Crippen LogP contribution in [0.5, 0.6) is 11.5 Å². The van der Waals surface area contributed by atoms with Gasteiger partial charge >= 0.3 is 0 Å². The summed E-state index contributed by atoms with van der Waals surface area (Å²) < 4.78 is 18.5. The van der Waals surface area contributed by atoms with Crippen LogP contribution in [0.3, 0.4) is 0 Å². The van der Waals surface area contributed by atoms with E-state index in [9.17, 15) is 9.18 Å². The minimum absolute atomic E-state index is 0.155. The molecule has 0 fully saturated rings. The molecule has 0 radical (unpaired) electrons. The SMILES string of the molecule is CC(=O)Nc1cccc(Oc2cccc(F)c2)c1. The van der Waals surface area contributed by atoms with Crippen LogP contribution in [-0.2, 0) is 4.79 Å². The summed E-state index contributed by atoms with van der Waals surface area (Å²) in [6, 6.07) is 12.8. The fourth-order valence-electron chi connectivity index (χ4n) is 1.51. The van der Waals surface area contributed by atoms with Crippen molar-refractivity contribution in [1.82, 2.24) is 0 Å². The van der Waals surface area contributed by atoms with E-state index in [-0.39, 0.29) is 11.7 Å². The Morgan fingerprint density at radius 2 is 1.78 bits per heavy atom. The summed E-state index contributed by atoms with van der Waals surface area (Å²) in [7, 11) is 0. The molecule has 92 valence electrons. The van der Waals surface area contributed by atoms with E-state index in [0.29, 0.717) is 17.2 Å². The molecule has 0 bridgehead atoms. The molecule has 18 heavy (non-hydrogen) atoms. The van der Waals surface area contributed by atoms with Crippen LogP contribution in [-0.4, -0.2) is 5.91 Å². The van der Waals surface area contributed by atoms with Gasteiger partial charge in [-0.1, -0.05) is 12.1 Å². The maximum absolute atomic E-state index is 13.0. The molecule has 0 atom stereocenters. The molecular weight excluding hydrogens is 233 g/mol. The van der Waals surface area contributed by atoms with E-state index < -0.39 is 0 Å². The summed E-state index contributed by atoms with van der Waals surface area (Å²) in [5.74, 6) is 0.435. The Bertz CT molecular complexity index is 569. The maximum atomic E-state index is 13.0. The lowest BCUT2D eigenvalue weighted by Crippen LogP contribution is -2.05. The first-order chi connectivity index (χ1) is 8.63. The predicted octanol–water partition coefficient (Wildman–Crippen LogP) is 3.58. The third-order valence-corrected chi connectivity index (χ3v) is 2.19. The van der Waals surface area contributed by atoms with Crippen molar-refractivity contribution < 1.29 is 13.9 Å². The van der Waals surface area contributed by atoms with Gasteiger partial charge in [0, 0.05) is 24.7 Å². The molecule has 4 heteroatoms. The molecule has 1 amide bonds. The van der Waals surface area contributed by atoms with Gasteiger partial charge in [-0.2, -0.15) is 0 Å². The third-order valence-electron chi connectivity index (χ3n) is 2.19. The molecule has 2 aromatic rings. The van der Waals surface area contributed by atoms with E-state index in [2.05, 4.69) is 5.32 Å². The van der Waals surface area contributed by atoms with Crippen LogP contribution >= 0.6 is 0 Å². The molecule has 0 saturated carbocycles. The van der Waals surface area contributed by atoms with Gasteiger partial charge in [0.15, 0.2) is 0 Å². The molecule has 1 N–H and O–H groups in total. The lowest BCUT2D eigenvalue weighted by molar-refractivity contribution is -0.114. The molecule has 0 heterocycles. The van der Waals surface area contributed by atoms with E-state index in [0.717, 1.165) is 0 Å². The van der Waals surface area contributed by atoms with Crippen molar-refractivity contribution in [2.24, 2.45) is 0 Å². The first kappa shape index (κ1) is 12.1. The van der Waals surface area contributed by atoms with E-state index in [1.165, 1.54) is 19.1 Å². The number of hydrogen-bond donors (Lipinski definition) is 1. The second-order valence-electron chi connectivity index (χ2n) is 3.77. The molecule has 0 aliphatic carbocycles. The van der Waals surface area contributed by atoms with Crippen LogP contribution < -0.4 is 10.1 Å². The second-order valence-corrected chi connectivity index (χ2v) is 3.77. The smallest absolute Gasteiger partial charge is 0.221 e. The number of anilines is 1. The number of amides is 1. The van der Waals surface area contributed by atoms with Crippen LogP contribution in [0, 0.1) is 5.82 Å². The third kappa shape index (κ3) is 3.31. The van der Waals surface area contributed by atoms with Crippen molar-refractivity contribution in [2.75, 3.05) is 5.32 Å². The molecule has 2 aromatic carbocycles. The number of rotatable bonds is 3. The van der Waals surface area contributed by atoms with Crippen LogP contribution in [0.1, 0.15) is 6.92 Å². The summed E-state index contributed by atoms with van der Waals surface area (Å²) in [5.41, 5.74) is 0.636. The first-order valence-electron chi connectivity index (χ1n) is 5.44. The van der Waals surface area contributed by atoms with Crippen molar-refractivity contribution in [3.05, 3.63) is 54.3 Å². The van der Waals surface area contributed by atoms with Gasteiger partial charge in [-0.05, 0) is 24.3 Å². The van der Waals surface area contributed by atoms with Crippen LogP contribution in [0.4, 0.5) is 10.1 Å². The Morgan fingerprint density at radius 1 is 1.11 bits per heavy atom. The number of carbonyl (C=O) groups excluding carboxylic acids is 1. The highest BCUT2D eigenvalue weighted by Crippen LogP contribution is 2.24. The molecule has 3 nitrogen and oxygen atoms in total. The molecule has 2 rings (SSSR count). The number of hydrogen-bond acceptors (Lipinski definition) is 2. The number of ether oxygens (including phenoxy) is 1. The fourth-order valence-corrected chi connectivity index (χ4v) is 1.51. The number of carbonyl (C=O) groups is 1. The molecule has 0 spiro atoms. The van der Waals surface area contributed by atoms with Gasteiger partial charge in [-0.25, -0.2) is 4.39 Å². The van der Waals surface area contributed by atoms with E-state index in [1.807, 2.05) is 0 Å². The molecule has 0 unspecified atom stereocenters. The average Bonchev–Trinajstić information content (AvgIpc) is 2.28. The summed E-state index contributed by atoms with van der Waals surface area (Å²) >= 11 is 0. The van der Waals surface area contributed by atoms with Crippen molar-refractivity contribution >= 4 is 11.6 Å². The Morgan fingerprint density at radius 3 is 2.44 bits per heavy atom. The highest BCUT2D eigenvalue weighted by molar-refractivity contribution is 5.88. The van der Waals surface area contributed by atoms with Crippen LogP contribution in [0.15, 0.2) is 48.5 Å². The Labute approximate surface area is 104 Å². The van der Waals surface area contributed by atoms with Crippen molar-refractivity contribution in [1.29, 1.82) is 0 Å². The van der Waals surface area contributed by atoms with E-state index in [4.69, 9.17) is 4.74 Å². The normalized spacial score (nSPS) is 9.89. The second kappa shape index (κ2) is 5.31. The van der Waals surface area contributed by atoms with Crippen molar-refractivity contribution in [2.45, 2.75) is 6.92 Å². The lowest BCUT2D eigenvalue weighted by Gasteiger charge is -2.07. The van der Waals surface area contributed by atoms with Crippen molar-refractivity contribution in [3.63, 3.8) is 0 Å². The molecular formula is C14H12FNO2. The van der Waals surface area contributed by atoms with Gasteiger partial charge in [0.1, 0.15) is 17.3 Å². The summed E-state index contributed by atoms with van der Waals surface area (Å²) in [6.07, 6.45) is 0. The quantitative estimate of drug-likeness (QED) is 0.897. The largest absolute Gasteiger partial charge is 0.457 e. The summed E-state index contributed by atoms with van der Waals surface area (Å²) in [4.78, 5) is 10.9. The van der Waals surface area contributed by atoms with Gasteiger partial charge in [-0.3, -0.25) is 4.79 Å². The lowest BCUT2D eigenvalue weighted by atomic mass is 10.3. The molecule has 0 saturated heterocycles. The standard InChI is InChI=1S/C14H12FNO2/c1-10(17)16-12-5-3-7-14(9-12)18-13-6-2-4-11(15)8-13/h2-9H,1H3,(H,16,17). The minimum atomic E-state index is -0.356. The van der Waals surface area contributed by atoms with Gasteiger partial charge < -0.3 is 10.1 Å². The number of halogens is 1. The average molecular weight is 245 g/mol. The minimum Gasteiger partial charge on any atom is -0.457 e. The predicted molar refractivity (Wildman–Crippen MR) is 67.2 cm³/mol. The number of nitrogens with one attached hydrogen (secondary N) is 1. The Kier molecular flexibility index (Phi) is 3.57. The Hall–Kier alpha value is -2.36. The topological polar surface area (TPSA) is 38.3 Å². The Balaban J connectivity index is 2.16. The highest BCUT2D eigenvalue weighted by Gasteiger charge is 2.01. The zero-order chi connectivity index (χ0) is 13.0.